The van der Waals surface area contributed by atoms with Crippen LogP contribution in [0.5, 0.6) is 5.75 Å². The third kappa shape index (κ3) is 5.37. The Labute approximate surface area is 202 Å². The Morgan fingerprint density at radius 1 is 1.03 bits per heavy atom. The van der Waals surface area contributed by atoms with Gasteiger partial charge in [0.25, 0.3) is 0 Å². The topological polar surface area (TPSA) is 160 Å². The number of aliphatic hydroxyl groups is 2. The highest BCUT2D eigenvalue weighted by molar-refractivity contribution is 5.86. The molecule has 2 heterocycles. The van der Waals surface area contributed by atoms with E-state index in [1.54, 1.807) is 0 Å². The molecule has 4 atom stereocenters. The standard InChI is InChI=1S/C20H23N3O2.C4H6O6/c1-20-11-12-22(2)18(20)23(3)17-10-9-15(13-16(17)20)25-19(24)21-14-7-5-4-6-8-14;5-1(3(7)8)2(6)4(9)10/h4-10,13,18H,11-12H2,1-3H3,(H,21,24);1-2,5-6H,(H,7,8)(H,9,10)/t18-,20+;1-,2-/m10/s1. The quantitative estimate of drug-likeness (QED) is 0.419. The number of ether oxygens (including phenoxy) is 1. The van der Waals surface area contributed by atoms with Gasteiger partial charge in [0, 0.05) is 30.4 Å². The number of amides is 1. The van der Waals surface area contributed by atoms with Gasteiger partial charge in [0.05, 0.1) is 6.17 Å². The minimum absolute atomic E-state index is 0.0636. The van der Waals surface area contributed by atoms with Crippen molar-refractivity contribution in [3.05, 3.63) is 54.1 Å². The van der Waals surface area contributed by atoms with Gasteiger partial charge in [0.15, 0.2) is 12.2 Å². The molecular weight excluding hydrogens is 458 g/mol. The number of benzene rings is 2. The van der Waals surface area contributed by atoms with Crippen molar-refractivity contribution in [3.8, 4) is 5.75 Å². The molecule has 1 amide bonds. The number of aliphatic hydroxyl groups excluding tert-OH is 2. The van der Waals surface area contributed by atoms with E-state index < -0.39 is 30.2 Å². The maximum atomic E-state index is 12.2. The van der Waals surface area contributed by atoms with Gasteiger partial charge in [-0.25, -0.2) is 14.4 Å². The van der Waals surface area contributed by atoms with Crippen LogP contribution < -0.4 is 15.0 Å². The summed E-state index contributed by atoms with van der Waals surface area (Å²) in [6.45, 7) is 3.38. The van der Waals surface area contributed by atoms with E-state index in [0.717, 1.165) is 18.7 Å². The van der Waals surface area contributed by atoms with Crippen molar-refractivity contribution in [2.45, 2.75) is 37.1 Å². The van der Waals surface area contributed by atoms with Gasteiger partial charge in [-0.15, -0.1) is 0 Å². The van der Waals surface area contributed by atoms with Crippen LogP contribution in [0.1, 0.15) is 18.9 Å². The highest BCUT2D eigenvalue weighted by Gasteiger charge is 2.52. The van der Waals surface area contributed by atoms with E-state index in [1.807, 2.05) is 42.5 Å². The van der Waals surface area contributed by atoms with Crippen molar-refractivity contribution < 1.29 is 39.5 Å². The van der Waals surface area contributed by atoms with Crippen LogP contribution in [0.25, 0.3) is 0 Å². The molecule has 0 aromatic heterocycles. The zero-order chi connectivity index (χ0) is 25.9. The lowest BCUT2D eigenvalue weighted by atomic mass is 9.81. The van der Waals surface area contributed by atoms with Crippen LogP contribution in [-0.4, -0.2) is 82.4 Å². The van der Waals surface area contributed by atoms with Crippen molar-refractivity contribution >= 4 is 29.4 Å². The van der Waals surface area contributed by atoms with Gasteiger partial charge in [-0.05, 0) is 49.4 Å². The highest BCUT2D eigenvalue weighted by Crippen LogP contribution is 2.51. The molecular formula is C24H29N3O8. The summed E-state index contributed by atoms with van der Waals surface area (Å²) in [6, 6.07) is 15.3. The maximum absolute atomic E-state index is 12.2. The van der Waals surface area contributed by atoms with Crippen molar-refractivity contribution in [1.82, 2.24) is 4.90 Å². The third-order valence-corrected chi connectivity index (χ3v) is 6.34. The molecule has 2 aromatic carbocycles. The summed E-state index contributed by atoms with van der Waals surface area (Å²) >= 11 is 0. The number of hydrogen-bond donors (Lipinski definition) is 5. The Morgan fingerprint density at radius 2 is 1.63 bits per heavy atom. The minimum atomic E-state index is -2.27. The van der Waals surface area contributed by atoms with Crippen LogP contribution in [0, 0.1) is 0 Å². The van der Waals surface area contributed by atoms with Crippen LogP contribution in [0.15, 0.2) is 48.5 Å². The molecule has 11 nitrogen and oxygen atoms in total. The molecule has 188 valence electrons. The van der Waals surface area contributed by atoms with Gasteiger partial charge in [-0.3, -0.25) is 10.2 Å². The molecule has 2 aromatic rings. The number of nitrogens with zero attached hydrogens (tertiary/aromatic N) is 2. The average Bonchev–Trinajstić information content (AvgIpc) is 3.24. The summed E-state index contributed by atoms with van der Waals surface area (Å²) in [6.07, 6.45) is -3.54. The molecule has 0 unspecified atom stereocenters. The Hall–Kier alpha value is -3.67. The molecule has 2 aliphatic rings. The Balaban J connectivity index is 0.000000292. The van der Waals surface area contributed by atoms with E-state index in [0.29, 0.717) is 11.9 Å². The largest absolute Gasteiger partial charge is 0.479 e. The predicted molar refractivity (Wildman–Crippen MR) is 127 cm³/mol. The molecule has 5 N–H and O–H groups in total. The lowest BCUT2D eigenvalue weighted by molar-refractivity contribution is -0.165. The zero-order valence-corrected chi connectivity index (χ0v) is 19.6. The van der Waals surface area contributed by atoms with E-state index in [9.17, 15) is 14.4 Å². The van der Waals surface area contributed by atoms with E-state index in [2.05, 4.69) is 42.2 Å². The Bertz CT molecular complexity index is 1080. The Morgan fingerprint density at radius 3 is 2.20 bits per heavy atom. The summed E-state index contributed by atoms with van der Waals surface area (Å²) in [7, 11) is 4.31. The first-order valence-electron chi connectivity index (χ1n) is 10.9. The molecule has 1 saturated heterocycles. The number of nitrogens with one attached hydrogen (secondary N) is 1. The normalized spacial score (nSPS) is 22.2. The fourth-order valence-electron chi connectivity index (χ4n) is 4.66. The number of fused-ring (bicyclic) bond motifs is 3. The number of hydrogen-bond acceptors (Lipinski definition) is 8. The van der Waals surface area contributed by atoms with Gasteiger partial charge < -0.3 is 30.1 Å². The summed E-state index contributed by atoms with van der Waals surface area (Å²) < 4.78 is 5.52. The zero-order valence-electron chi connectivity index (χ0n) is 19.6. The highest BCUT2D eigenvalue weighted by atomic mass is 16.6. The van der Waals surface area contributed by atoms with Crippen LogP contribution >= 0.6 is 0 Å². The number of para-hydroxylation sites is 1. The molecule has 1 fully saturated rings. The number of likely N-dealkylation sites (tertiary alicyclic amines) is 1. The average molecular weight is 488 g/mol. The minimum Gasteiger partial charge on any atom is -0.479 e. The second kappa shape index (κ2) is 10.3. The summed E-state index contributed by atoms with van der Waals surface area (Å²) in [4.78, 5) is 36.4. The van der Waals surface area contributed by atoms with Gasteiger partial charge in [-0.2, -0.15) is 0 Å². The maximum Gasteiger partial charge on any atom is 0.417 e. The number of likely N-dealkylation sites (N-methyl/N-ethyl adjacent to an activating group) is 2. The lowest BCUT2D eigenvalue weighted by Crippen LogP contribution is -2.45. The van der Waals surface area contributed by atoms with E-state index >= 15 is 0 Å². The number of carboxylic acids is 2. The first kappa shape index (κ1) is 25.9. The van der Waals surface area contributed by atoms with Gasteiger partial charge in [0.1, 0.15) is 5.75 Å². The van der Waals surface area contributed by atoms with Gasteiger partial charge in [-0.1, -0.05) is 25.1 Å². The number of carboxylic acid groups (broad SMARTS) is 2. The van der Waals surface area contributed by atoms with Crippen molar-refractivity contribution in [3.63, 3.8) is 0 Å². The molecule has 11 heteroatoms. The molecule has 4 rings (SSSR count). The summed E-state index contributed by atoms with van der Waals surface area (Å²) in [5.74, 6) is -2.96. The predicted octanol–water partition coefficient (Wildman–Crippen LogP) is 1.54. The molecule has 0 aliphatic carbocycles. The molecule has 0 saturated carbocycles. The first-order chi connectivity index (χ1) is 16.5. The second-order valence-electron chi connectivity index (χ2n) is 8.76. The number of carbonyl (C=O) groups excluding carboxylic acids is 1. The number of aliphatic carboxylic acids is 2. The first-order valence-corrected chi connectivity index (χ1v) is 10.9. The monoisotopic (exact) mass is 487 g/mol. The van der Waals surface area contributed by atoms with Gasteiger partial charge in [0.2, 0.25) is 0 Å². The lowest BCUT2D eigenvalue weighted by Gasteiger charge is -2.32. The fourth-order valence-corrected chi connectivity index (χ4v) is 4.66. The Kier molecular flexibility index (Phi) is 7.64. The van der Waals surface area contributed by atoms with Crippen molar-refractivity contribution in [2.24, 2.45) is 0 Å². The third-order valence-electron chi connectivity index (χ3n) is 6.34. The van der Waals surface area contributed by atoms with Gasteiger partial charge >= 0.3 is 18.0 Å². The molecule has 0 radical (unpaired) electrons. The number of carbonyl (C=O) groups is 3. The summed E-state index contributed by atoms with van der Waals surface area (Å²) in [5, 5.41) is 35.3. The number of rotatable bonds is 5. The molecule has 0 spiro atoms. The van der Waals surface area contributed by atoms with Crippen molar-refractivity contribution in [2.75, 3.05) is 30.9 Å². The second-order valence-corrected chi connectivity index (χ2v) is 8.76. The van der Waals surface area contributed by atoms with Crippen LogP contribution in [0.3, 0.4) is 0 Å². The SMILES string of the molecule is CN1CC[C@@]2(C)c3cc(OC(=O)Nc4ccccc4)ccc3N(C)[C@@H]12.O=C(O)[C@@H](O)[C@H](O)C(=O)O. The summed E-state index contributed by atoms with van der Waals surface area (Å²) in [5.41, 5.74) is 3.26. The smallest absolute Gasteiger partial charge is 0.417 e. The van der Waals surface area contributed by atoms with E-state index in [-0.39, 0.29) is 5.41 Å². The van der Waals surface area contributed by atoms with Crippen LogP contribution in [-0.2, 0) is 15.0 Å². The molecule has 2 aliphatic heterocycles. The fraction of sp³-hybridized carbons (Fsp3) is 0.375. The number of anilines is 2. The van der Waals surface area contributed by atoms with Crippen LogP contribution in [0.4, 0.5) is 16.2 Å². The van der Waals surface area contributed by atoms with Crippen LogP contribution in [0.2, 0.25) is 0 Å². The molecule has 35 heavy (non-hydrogen) atoms. The van der Waals surface area contributed by atoms with E-state index in [4.69, 9.17) is 25.2 Å². The molecule has 0 bridgehead atoms. The van der Waals surface area contributed by atoms with E-state index in [1.165, 1.54) is 11.3 Å². The van der Waals surface area contributed by atoms with Crippen molar-refractivity contribution in [1.29, 1.82) is 0 Å².